The van der Waals surface area contributed by atoms with Crippen molar-refractivity contribution in [1.82, 2.24) is 14.9 Å². The Kier molecular flexibility index (Phi) is 6.13. The Morgan fingerprint density at radius 1 is 1.06 bits per heavy atom. The Morgan fingerprint density at radius 2 is 1.79 bits per heavy atom. The van der Waals surface area contributed by atoms with E-state index < -0.39 is 5.41 Å². The predicted octanol–water partition coefficient (Wildman–Crippen LogP) is 3.92. The number of hydrogen-bond acceptors (Lipinski definition) is 6. The van der Waals surface area contributed by atoms with Gasteiger partial charge in [-0.25, -0.2) is 4.98 Å². The van der Waals surface area contributed by atoms with Crippen molar-refractivity contribution in [3.63, 3.8) is 0 Å². The highest BCUT2D eigenvalue weighted by molar-refractivity contribution is 5.92. The van der Waals surface area contributed by atoms with Crippen LogP contribution in [-0.4, -0.2) is 60.1 Å². The molecule has 0 bridgehead atoms. The summed E-state index contributed by atoms with van der Waals surface area (Å²) >= 11 is 0. The molecule has 1 saturated heterocycles. The normalized spacial score (nSPS) is 20.4. The number of benzene rings is 1. The molecule has 5 rings (SSSR count). The third-order valence-electron chi connectivity index (χ3n) is 7.45. The highest BCUT2D eigenvalue weighted by Crippen LogP contribution is 2.52. The van der Waals surface area contributed by atoms with E-state index in [9.17, 15) is 4.79 Å². The zero-order chi connectivity index (χ0) is 22.8. The van der Waals surface area contributed by atoms with Crippen molar-refractivity contribution in [2.24, 2.45) is 0 Å². The van der Waals surface area contributed by atoms with E-state index in [2.05, 4.69) is 21.3 Å². The molecule has 1 N–H and O–H groups in total. The van der Waals surface area contributed by atoms with Gasteiger partial charge >= 0.3 is 0 Å². The molecule has 2 aliphatic carbocycles. The number of piperazine rings is 1. The number of para-hydroxylation sites is 1. The zero-order valence-corrected chi connectivity index (χ0v) is 19.8. The average Bonchev–Trinajstić information content (AvgIpc) is 3.66. The highest BCUT2D eigenvalue weighted by atomic mass is 16.5. The standard InChI is InChI=1S/C26H35N5O2/c1-19-18-23(29-25(27-19)28-20-8-4-3-5-9-20)30-14-16-31(17-15-30)24(32)26(12-13-26)21-10-6-7-11-22(21)33-2/h6-7,10-11,18,20H,3-5,8-9,12-17H2,1-2H3,(H,27,28,29). The minimum Gasteiger partial charge on any atom is -0.496 e. The molecule has 3 aliphatic rings. The van der Waals surface area contributed by atoms with Crippen molar-refractivity contribution < 1.29 is 9.53 Å². The Balaban J connectivity index is 1.24. The number of ether oxygens (including phenoxy) is 1. The van der Waals surface area contributed by atoms with E-state index in [4.69, 9.17) is 9.72 Å². The molecule has 1 amide bonds. The lowest BCUT2D eigenvalue weighted by atomic mass is 9.93. The number of aromatic nitrogens is 2. The van der Waals surface area contributed by atoms with E-state index >= 15 is 0 Å². The molecule has 0 atom stereocenters. The first kappa shape index (κ1) is 22.0. The van der Waals surface area contributed by atoms with Gasteiger partial charge in [0.2, 0.25) is 11.9 Å². The molecule has 1 aromatic carbocycles. The van der Waals surface area contributed by atoms with E-state index in [1.54, 1.807) is 7.11 Å². The number of hydrogen-bond donors (Lipinski definition) is 1. The van der Waals surface area contributed by atoms with Gasteiger partial charge in [-0.3, -0.25) is 4.79 Å². The monoisotopic (exact) mass is 449 g/mol. The molecule has 0 spiro atoms. The van der Waals surface area contributed by atoms with E-state index in [1.807, 2.05) is 36.1 Å². The van der Waals surface area contributed by atoms with Crippen molar-refractivity contribution in [3.8, 4) is 5.75 Å². The van der Waals surface area contributed by atoms with Gasteiger partial charge in [0.15, 0.2) is 0 Å². The lowest BCUT2D eigenvalue weighted by Crippen LogP contribution is -2.52. The van der Waals surface area contributed by atoms with Crippen LogP contribution in [0.1, 0.15) is 56.2 Å². The van der Waals surface area contributed by atoms with Crippen LogP contribution in [0, 0.1) is 6.92 Å². The Labute approximate surface area is 196 Å². The van der Waals surface area contributed by atoms with Crippen LogP contribution in [0.5, 0.6) is 5.75 Å². The molecular weight excluding hydrogens is 414 g/mol. The summed E-state index contributed by atoms with van der Waals surface area (Å²) in [5.74, 6) is 2.75. The fraction of sp³-hybridized carbons (Fsp3) is 0.577. The minimum atomic E-state index is -0.405. The number of nitrogens with zero attached hydrogens (tertiary/aromatic N) is 4. The van der Waals surface area contributed by atoms with Gasteiger partial charge in [0, 0.05) is 49.5 Å². The van der Waals surface area contributed by atoms with Gasteiger partial charge < -0.3 is 19.9 Å². The van der Waals surface area contributed by atoms with Crippen LogP contribution < -0.4 is 15.0 Å². The van der Waals surface area contributed by atoms with Gasteiger partial charge in [-0.05, 0) is 38.7 Å². The Morgan fingerprint density at radius 3 is 2.48 bits per heavy atom. The topological polar surface area (TPSA) is 70.6 Å². The Hall–Kier alpha value is -2.83. The number of rotatable bonds is 6. The number of amides is 1. The summed E-state index contributed by atoms with van der Waals surface area (Å²) in [6, 6.07) is 10.5. The number of methoxy groups -OCH3 is 1. The fourth-order valence-corrected chi connectivity index (χ4v) is 5.41. The molecule has 1 aromatic heterocycles. The molecule has 176 valence electrons. The number of anilines is 2. The largest absolute Gasteiger partial charge is 0.496 e. The van der Waals surface area contributed by atoms with Gasteiger partial charge in [0.05, 0.1) is 12.5 Å². The van der Waals surface area contributed by atoms with E-state index in [-0.39, 0.29) is 5.91 Å². The van der Waals surface area contributed by atoms with E-state index in [0.717, 1.165) is 54.7 Å². The zero-order valence-electron chi connectivity index (χ0n) is 19.8. The van der Waals surface area contributed by atoms with Crippen LogP contribution in [0.2, 0.25) is 0 Å². The molecule has 0 unspecified atom stereocenters. The summed E-state index contributed by atoms with van der Waals surface area (Å²) in [5, 5.41) is 3.56. The second kappa shape index (κ2) is 9.20. The van der Waals surface area contributed by atoms with Crippen LogP contribution in [0.15, 0.2) is 30.3 Å². The maximum atomic E-state index is 13.5. The highest BCUT2D eigenvalue weighted by Gasteiger charge is 2.54. The average molecular weight is 450 g/mol. The molecule has 7 nitrogen and oxygen atoms in total. The molecule has 2 aromatic rings. The summed E-state index contributed by atoms with van der Waals surface area (Å²) < 4.78 is 5.56. The number of nitrogens with one attached hydrogen (secondary N) is 1. The molecule has 2 heterocycles. The van der Waals surface area contributed by atoms with Crippen molar-refractivity contribution in [1.29, 1.82) is 0 Å². The molecule has 33 heavy (non-hydrogen) atoms. The van der Waals surface area contributed by atoms with Gasteiger partial charge in [0.25, 0.3) is 0 Å². The summed E-state index contributed by atoms with van der Waals surface area (Å²) in [7, 11) is 1.68. The first-order chi connectivity index (χ1) is 16.1. The lowest BCUT2D eigenvalue weighted by Gasteiger charge is -2.37. The summed E-state index contributed by atoms with van der Waals surface area (Å²) in [6.07, 6.45) is 8.08. The van der Waals surface area contributed by atoms with Crippen molar-refractivity contribution in [3.05, 3.63) is 41.6 Å². The van der Waals surface area contributed by atoms with E-state index in [0.29, 0.717) is 19.1 Å². The second-order valence-corrected chi connectivity index (χ2v) is 9.73. The van der Waals surface area contributed by atoms with Crippen molar-refractivity contribution in [2.45, 2.75) is 63.3 Å². The molecule has 2 saturated carbocycles. The first-order valence-corrected chi connectivity index (χ1v) is 12.4. The molecule has 0 radical (unpaired) electrons. The molecule has 3 fully saturated rings. The van der Waals surface area contributed by atoms with Gasteiger partial charge in [0.1, 0.15) is 11.6 Å². The van der Waals surface area contributed by atoms with Crippen LogP contribution in [0.3, 0.4) is 0 Å². The maximum Gasteiger partial charge on any atom is 0.233 e. The fourth-order valence-electron chi connectivity index (χ4n) is 5.41. The summed E-state index contributed by atoms with van der Waals surface area (Å²) in [4.78, 5) is 27.3. The van der Waals surface area contributed by atoms with Crippen molar-refractivity contribution in [2.75, 3.05) is 43.5 Å². The first-order valence-electron chi connectivity index (χ1n) is 12.4. The van der Waals surface area contributed by atoms with Crippen LogP contribution in [0.4, 0.5) is 11.8 Å². The second-order valence-electron chi connectivity index (χ2n) is 9.73. The Bertz CT molecular complexity index is 992. The van der Waals surface area contributed by atoms with Crippen molar-refractivity contribution >= 4 is 17.7 Å². The summed E-state index contributed by atoms with van der Waals surface area (Å²) in [6.45, 7) is 5.02. The quantitative estimate of drug-likeness (QED) is 0.721. The summed E-state index contributed by atoms with van der Waals surface area (Å²) in [5.41, 5.74) is 1.60. The molecular formula is C26H35N5O2. The van der Waals surface area contributed by atoms with Crippen LogP contribution in [0.25, 0.3) is 0 Å². The minimum absolute atomic E-state index is 0.241. The lowest BCUT2D eigenvalue weighted by molar-refractivity contribution is -0.134. The van der Waals surface area contributed by atoms with Gasteiger partial charge in [-0.2, -0.15) is 4.98 Å². The number of carbonyl (C=O) groups is 1. The van der Waals surface area contributed by atoms with Gasteiger partial charge in [-0.15, -0.1) is 0 Å². The smallest absolute Gasteiger partial charge is 0.233 e. The SMILES string of the molecule is COc1ccccc1C1(C(=O)N2CCN(c3cc(C)nc(NC4CCCCC4)n3)CC2)CC1. The maximum absolute atomic E-state index is 13.5. The van der Waals surface area contributed by atoms with Gasteiger partial charge in [-0.1, -0.05) is 37.5 Å². The third kappa shape index (κ3) is 4.50. The van der Waals surface area contributed by atoms with Crippen LogP contribution >= 0.6 is 0 Å². The third-order valence-corrected chi connectivity index (χ3v) is 7.45. The van der Waals surface area contributed by atoms with Crippen LogP contribution in [-0.2, 0) is 10.2 Å². The predicted molar refractivity (Wildman–Crippen MR) is 130 cm³/mol. The number of aryl methyl sites for hydroxylation is 1. The molecule has 1 aliphatic heterocycles. The molecule has 7 heteroatoms. The van der Waals surface area contributed by atoms with E-state index in [1.165, 1.54) is 32.1 Å². The number of carbonyl (C=O) groups excluding carboxylic acids is 1.